The van der Waals surface area contributed by atoms with Gasteiger partial charge in [0.15, 0.2) is 17.0 Å². The lowest BCUT2D eigenvalue weighted by Gasteiger charge is -2.24. The standard InChI is InChI=1S/C20H24FN3O2/c1-26-20-18-14(17(25)6-8-24(18)13-4-5-13)9-15(21)19(20)23-10-12-3-2-7-22-16(12)11-23/h6,8-9,12-13,16,22H,2-5,7,10-11H2,1H3/t12-,16?/m1/s1. The fourth-order valence-electron chi connectivity index (χ4n) is 4.74. The van der Waals surface area contributed by atoms with E-state index < -0.39 is 0 Å². The Labute approximate surface area is 151 Å². The van der Waals surface area contributed by atoms with Crippen LogP contribution in [0.25, 0.3) is 10.9 Å². The topological polar surface area (TPSA) is 46.5 Å². The summed E-state index contributed by atoms with van der Waals surface area (Å²) in [5.41, 5.74) is 1.09. The highest BCUT2D eigenvalue weighted by Crippen LogP contribution is 2.44. The molecule has 26 heavy (non-hydrogen) atoms. The predicted octanol–water partition coefficient (Wildman–Crippen LogP) is 2.67. The average Bonchev–Trinajstić information content (AvgIpc) is 3.39. The minimum absolute atomic E-state index is 0.155. The number of rotatable bonds is 3. The third-order valence-electron chi connectivity index (χ3n) is 6.15. The number of hydrogen-bond donors (Lipinski definition) is 1. The van der Waals surface area contributed by atoms with Crippen LogP contribution in [0.2, 0.25) is 0 Å². The second-order valence-electron chi connectivity index (χ2n) is 7.82. The van der Waals surface area contributed by atoms with Gasteiger partial charge in [-0.3, -0.25) is 4.79 Å². The van der Waals surface area contributed by atoms with E-state index in [0.717, 1.165) is 38.0 Å². The van der Waals surface area contributed by atoms with E-state index in [0.29, 0.717) is 34.8 Å². The summed E-state index contributed by atoms with van der Waals surface area (Å²) in [6.45, 7) is 2.65. The maximum Gasteiger partial charge on any atom is 0.189 e. The van der Waals surface area contributed by atoms with Crippen molar-refractivity contribution in [2.75, 3.05) is 31.6 Å². The molecular weight excluding hydrogens is 333 g/mol. The quantitative estimate of drug-likeness (QED) is 0.917. The lowest BCUT2D eigenvalue weighted by molar-refractivity contribution is 0.340. The molecule has 1 aromatic carbocycles. The van der Waals surface area contributed by atoms with Crippen molar-refractivity contribution in [1.82, 2.24) is 9.88 Å². The van der Waals surface area contributed by atoms with Crippen molar-refractivity contribution in [3.63, 3.8) is 0 Å². The Bertz CT molecular complexity index is 907. The molecule has 0 amide bonds. The van der Waals surface area contributed by atoms with Gasteiger partial charge in [0.25, 0.3) is 0 Å². The van der Waals surface area contributed by atoms with Gasteiger partial charge in [-0.15, -0.1) is 0 Å². The summed E-state index contributed by atoms with van der Waals surface area (Å²) in [4.78, 5) is 14.5. The highest BCUT2D eigenvalue weighted by Gasteiger charge is 2.37. The molecule has 2 aliphatic heterocycles. The van der Waals surface area contributed by atoms with Crippen LogP contribution in [0.15, 0.2) is 23.1 Å². The van der Waals surface area contributed by atoms with Gasteiger partial charge in [-0.25, -0.2) is 4.39 Å². The highest BCUT2D eigenvalue weighted by molar-refractivity contribution is 5.91. The lowest BCUT2D eigenvalue weighted by Crippen LogP contribution is -2.40. The first-order valence-electron chi connectivity index (χ1n) is 9.57. The molecule has 0 radical (unpaired) electrons. The number of pyridine rings is 1. The summed E-state index contributed by atoms with van der Waals surface area (Å²) >= 11 is 0. The molecule has 3 heterocycles. The molecule has 2 saturated heterocycles. The van der Waals surface area contributed by atoms with E-state index in [-0.39, 0.29) is 11.2 Å². The van der Waals surface area contributed by atoms with Crippen molar-refractivity contribution in [1.29, 1.82) is 0 Å². The molecule has 5 nitrogen and oxygen atoms in total. The van der Waals surface area contributed by atoms with Gasteiger partial charge in [-0.2, -0.15) is 0 Å². The van der Waals surface area contributed by atoms with E-state index in [9.17, 15) is 4.79 Å². The van der Waals surface area contributed by atoms with Crippen LogP contribution in [-0.4, -0.2) is 37.4 Å². The summed E-state index contributed by atoms with van der Waals surface area (Å²) < 4.78 is 22.9. The first-order chi connectivity index (χ1) is 12.7. The molecule has 2 aromatic rings. The Balaban J connectivity index is 1.69. The number of anilines is 1. The molecule has 0 spiro atoms. The highest BCUT2D eigenvalue weighted by atomic mass is 19.1. The van der Waals surface area contributed by atoms with E-state index in [1.54, 1.807) is 7.11 Å². The maximum atomic E-state index is 15.1. The van der Waals surface area contributed by atoms with Crippen LogP contribution in [0.4, 0.5) is 10.1 Å². The molecule has 6 heteroatoms. The fraction of sp³-hybridized carbons (Fsp3) is 0.550. The number of fused-ring (bicyclic) bond motifs is 2. The number of nitrogens with zero attached hydrogens (tertiary/aromatic N) is 2. The molecule has 1 N–H and O–H groups in total. The van der Waals surface area contributed by atoms with Gasteiger partial charge < -0.3 is 19.5 Å². The van der Waals surface area contributed by atoms with Crippen molar-refractivity contribution < 1.29 is 9.13 Å². The number of halogens is 1. The van der Waals surface area contributed by atoms with Crippen LogP contribution in [0.5, 0.6) is 5.75 Å². The molecule has 2 atom stereocenters. The first-order valence-corrected chi connectivity index (χ1v) is 9.57. The van der Waals surface area contributed by atoms with Crippen molar-refractivity contribution in [2.45, 2.75) is 37.8 Å². The lowest BCUT2D eigenvalue weighted by atomic mass is 9.94. The van der Waals surface area contributed by atoms with Gasteiger partial charge in [0, 0.05) is 37.4 Å². The summed E-state index contributed by atoms with van der Waals surface area (Å²) in [6.07, 6.45) is 6.36. The molecule has 1 unspecified atom stereocenters. The SMILES string of the molecule is COc1c(N2CC3NCCC[C@@H]3C2)c(F)cc2c(=O)ccn(C3CC3)c12. The molecule has 1 aromatic heterocycles. The summed E-state index contributed by atoms with van der Waals surface area (Å²) in [6, 6.07) is 3.73. The summed E-state index contributed by atoms with van der Waals surface area (Å²) in [5.74, 6) is 0.687. The molecule has 0 bridgehead atoms. The minimum atomic E-state index is -0.362. The molecular formula is C20H24FN3O2. The fourth-order valence-corrected chi connectivity index (χ4v) is 4.74. The number of methoxy groups -OCH3 is 1. The zero-order valence-corrected chi connectivity index (χ0v) is 15.0. The molecule has 3 aliphatic rings. The zero-order chi connectivity index (χ0) is 17.8. The largest absolute Gasteiger partial charge is 0.492 e. The second-order valence-corrected chi connectivity index (χ2v) is 7.82. The van der Waals surface area contributed by atoms with Crippen molar-refractivity contribution >= 4 is 16.6 Å². The number of aromatic nitrogens is 1. The van der Waals surface area contributed by atoms with E-state index >= 15 is 4.39 Å². The van der Waals surface area contributed by atoms with Crippen LogP contribution in [0.3, 0.4) is 0 Å². The molecule has 1 saturated carbocycles. The predicted molar refractivity (Wildman–Crippen MR) is 99.7 cm³/mol. The van der Waals surface area contributed by atoms with Crippen molar-refractivity contribution in [3.8, 4) is 5.75 Å². The number of nitrogens with one attached hydrogen (secondary N) is 1. The van der Waals surface area contributed by atoms with E-state index in [2.05, 4.69) is 14.8 Å². The number of benzene rings is 1. The molecule has 138 valence electrons. The van der Waals surface area contributed by atoms with Gasteiger partial charge in [-0.05, 0) is 44.2 Å². The Kier molecular flexibility index (Phi) is 3.71. The van der Waals surface area contributed by atoms with Gasteiger partial charge in [0.05, 0.1) is 18.0 Å². The monoisotopic (exact) mass is 357 g/mol. The maximum absolute atomic E-state index is 15.1. The summed E-state index contributed by atoms with van der Waals surface area (Å²) in [7, 11) is 1.58. The number of piperidine rings is 1. The van der Waals surface area contributed by atoms with Crippen LogP contribution < -0.4 is 20.4 Å². The van der Waals surface area contributed by atoms with Crippen LogP contribution >= 0.6 is 0 Å². The third kappa shape index (κ3) is 2.42. The Morgan fingerprint density at radius 2 is 2.12 bits per heavy atom. The third-order valence-corrected chi connectivity index (χ3v) is 6.15. The van der Waals surface area contributed by atoms with Gasteiger partial charge in [-0.1, -0.05) is 0 Å². The minimum Gasteiger partial charge on any atom is -0.492 e. The summed E-state index contributed by atoms with van der Waals surface area (Å²) in [5, 5.41) is 3.97. The number of ether oxygens (including phenoxy) is 1. The molecule has 1 aliphatic carbocycles. The Morgan fingerprint density at radius 1 is 1.27 bits per heavy atom. The molecule has 3 fully saturated rings. The Hall–Kier alpha value is -2.08. The molecule has 5 rings (SSSR count). The van der Waals surface area contributed by atoms with E-state index in [1.165, 1.54) is 25.0 Å². The Morgan fingerprint density at radius 3 is 2.85 bits per heavy atom. The van der Waals surface area contributed by atoms with Crippen molar-refractivity contribution in [3.05, 3.63) is 34.4 Å². The first kappa shape index (κ1) is 16.1. The van der Waals surface area contributed by atoms with Gasteiger partial charge >= 0.3 is 0 Å². The van der Waals surface area contributed by atoms with Crippen LogP contribution in [-0.2, 0) is 0 Å². The van der Waals surface area contributed by atoms with Crippen LogP contribution in [0.1, 0.15) is 31.7 Å². The number of hydrogen-bond acceptors (Lipinski definition) is 4. The van der Waals surface area contributed by atoms with Crippen molar-refractivity contribution in [2.24, 2.45) is 5.92 Å². The van der Waals surface area contributed by atoms with E-state index in [4.69, 9.17) is 4.74 Å². The van der Waals surface area contributed by atoms with Crippen LogP contribution in [0, 0.1) is 11.7 Å². The van der Waals surface area contributed by atoms with Gasteiger partial charge in [0.2, 0.25) is 0 Å². The normalized spacial score (nSPS) is 25.5. The smallest absolute Gasteiger partial charge is 0.189 e. The second kappa shape index (κ2) is 5.98. The van der Waals surface area contributed by atoms with E-state index in [1.807, 2.05) is 6.20 Å². The zero-order valence-electron chi connectivity index (χ0n) is 15.0. The average molecular weight is 357 g/mol. The van der Waals surface area contributed by atoms with Gasteiger partial charge in [0.1, 0.15) is 5.69 Å².